The van der Waals surface area contributed by atoms with Crippen LogP contribution in [0.15, 0.2) is 211 Å². The highest BCUT2D eigenvalue weighted by Gasteiger charge is 2.22. The molecular formula is C51H34N4O. The minimum absolute atomic E-state index is 0.550. The molecule has 0 atom stereocenters. The fourth-order valence-corrected chi connectivity index (χ4v) is 7.38. The van der Waals surface area contributed by atoms with Crippen LogP contribution in [0.25, 0.3) is 78.4 Å². The van der Waals surface area contributed by atoms with Crippen molar-refractivity contribution in [2.45, 2.75) is 0 Å². The lowest BCUT2D eigenvalue weighted by Crippen LogP contribution is -2.10. The molecule has 0 saturated carbocycles. The third kappa shape index (κ3) is 6.17. The Bertz CT molecular complexity index is 2790. The molecule has 0 aliphatic heterocycles. The summed E-state index contributed by atoms with van der Waals surface area (Å²) in [6.45, 7) is 0. The Morgan fingerprint density at radius 2 is 0.696 bits per heavy atom. The summed E-state index contributed by atoms with van der Waals surface area (Å²) >= 11 is 0. The van der Waals surface area contributed by atoms with Gasteiger partial charge >= 0.3 is 0 Å². The van der Waals surface area contributed by atoms with E-state index < -0.39 is 0 Å². The van der Waals surface area contributed by atoms with E-state index >= 15 is 0 Å². The summed E-state index contributed by atoms with van der Waals surface area (Å²) in [5.74, 6) is 1.76. The smallest absolute Gasteiger partial charge is 0.167 e. The van der Waals surface area contributed by atoms with Gasteiger partial charge in [0.05, 0.1) is 11.3 Å². The number of aromatic nitrogens is 3. The molecule has 10 aromatic rings. The molecule has 0 fully saturated rings. The maximum atomic E-state index is 7.03. The van der Waals surface area contributed by atoms with Crippen LogP contribution in [0.2, 0.25) is 0 Å². The van der Waals surface area contributed by atoms with E-state index in [9.17, 15) is 0 Å². The van der Waals surface area contributed by atoms with Gasteiger partial charge in [0, 0.05) is 33.3 Å². The highest BCUT2D eigenvalue weighted by Crippen LogP contribution is 2.44. The number of para-hydroxylation sites is 2. The Balaban J connectivity index is 1.15. The van der Waals surface area contributed by atoms with Gasteiger partial charge in [0.15, 0.2) is 23.1 Å². The van der Waals surface area contributed by atoms with Gasteiger partial charge in [-0.05, 0) is 58.7 Å². The Kier molecular flexibility index (Phi) is 8.43. The normalized spacial score (nSPS) is 11.2. The molecule has 0 bridgehead atoms. The maximum absolute atomic E-state index is 7.03. The molecule has 0 spiro atoms. The van der Waals surface area contributed by atoms with Crippen molar-refractivity contribution in [1.29, 1.82) is 0 Å². The van der Waals surface area contributed by atoms with E-state index in [2.05, 4.69) is 132 Å². The second kappa shape index (κ2) is 14.3. The lowest BCUT2D eigenvalue weighted by Gasteiger charge is -2.26. The number of hydrogen-bond acceptors (Lipinski definition) is 5. The Morgan fingerprint density at radius 3 is 1.18 bits per heavy atom. The van der Waals surface area contributed by atoms with E-state index in [1.807, 2.05) is 78.9 Å². The van der Waals surface area contributed by atoms with E-state index in [0.717, 1.165) is 66.8 Å². The average molecular weight is 719 g/mol. The molecule has 8 aromatic carbocycles. The van der Waals surface area contributed by atoms with Gasteiger partial charge in [-0.3, -0.25) is 0 Å². The average Bonchev–Trinajstić information content (AvgIpc) is 3.68. The van der Waals surface area contributed by atoms with E-state index in [4.69, 9.17) is 19.4 Å². The Hall–Kier alpha value is -7.63. The molecule has 0 radical (unpaired) electrons. The molecule has 0 amide bonds. The summed E-state index contributed by atoms with van der Waals surface area (Å²) in [5, 5.41) is 1.99. The second-order valence-electron chi connectivity index (χ2n) is 13.6. The number of furan rings is 1. The van der Waals surface area contributed by atoms with Crippen molar-refractivity contribution < 1.29 is 4.42 Å². The van der Waals surface area contributed by atoms with Crippen LogP contribution in [0.3, 0.4) is 0 Å². The Morgan fingerprint density at radius 1 is 0.304 bits per heavy atom. The predicted molar refractivity (Wildman–Crippen MR) is 229 cm³/mol. The Labute approximate surface area is 324 Å². The number of hydrogen-bond donors (Lipinski definition) is 0. The molecule has 0 unspecified atom stereocenters. The van der Waals surface area contributed by atoms with Gasteiger partial charge in [0.1, 0.15) is 5.58 Å². The number of fused-ring (bicyclic) bond motifs is 3. The van der Waals surface area contributed by atoms with Gasteiger partial charge in [-0.2, -0.15) is 0 Å². The van der Waals surface area contributed by atoms with Crippen LogP contribution in [-0.2, 0) is 0 Å². The molecule has 264 valence electrons. The summed E-state index contributed by atoms with van der Waals surface area (Å²) in [6, 6.07) is 71.0. The molecule has 0 aliphatic carbocycles. The number of rotatable bonds is 8. The van der Waals surface area contributed by atoms with Crippen LogP contribution >= 0.6 is 0 Å². The van der Waals surface area contributed by atoms with E-state index in [0.29, 0.717) is 17.5 Å². The zero-order chi connectivity index (χ0) is 37.3. The van der Waals surface area contributed by atoms with Crippen molar-refractivity contribution in [3.63, 3.8) is 0 Å². The lowest BCUT2D eigenvalue weighted by molar-refractivity contribution is 0.669. The van der Waals surface area contributed by atoms with E-state index in [-0.39, 0.29) is 0 Å². The molecule has 0 saturated heterocycles. The summed E-state index contributed by atoms with van der Waals surface area (Å²) in [5.41, 5.74) is 11.7. The summed E-state index contributed by atoms with van der Waals surface area (Å²) < 4.78 is 7.03. The molecule has 2 heterocycles. The van der Waals surface area contributed by atoms with Gasteiger partial charge in [-0.15, -0.1) is 0 Å². The molecule has 2 aromatic heterocycles. The minimum atomic E-state index is 0.550. The highest BCUT2D eigenvalue weighted by molar-refractivity contribution is 6.13. The molecule has 5 nitrogen and oxygen atoms in total. The zero-order valence-electron chi connectivity index (χ0n) is 30.3. The topological polar surface area (TPSA) is 55.1 Å². The predicted octanol–water partition coefficient (Wildman–Crippen LogP) is 13.6. The number of anilines is 3. The first-order valence-corrected chi connectivity index (χ1v) is 18.7. The number of benzene rings is 8. The first-order valence-electron chi connectivity index (χ1n) is 18.7. The van der Waals surface area contributed by atoms with Crippen LogP contribution in [-0.4, -0.2) is 15.0 Å². The first kappa shape index (κ1) is 33.0. The number of nitrogens with zero attached hydrogens (tertiary/aromatic N) is 4. The molecule has 10 rings (SSSR count). The van der Waals surface area contributed by atoms with Crippen molar-refractivity contribution in [2.24, 2.45) is 0 Å². The highest BCUT2D eigenvalue weighted by atomic mass is 16.3. The summed E-state index contributed by atoms with van der Waals surface area (Å²) in [6.07, 6.45) is 0. The summed E-state index contributed by atoms with van der Waals surface area (Å²) in [4.78, 5) is 17.3. The van der Waals surface area contributed by atoms with Crippen molar-refractivity contribution in [2.75, 3.05) is 4.90 Å². The minimum Gasteiger partial charge on any atom is -0.453 e. The van der Waals surface area contributed by atoms with E-state index in [1.54, 1.807) is 0 Å². The van der Waals surface area contributed by atoms with Crippen LogP contribution in [0, 0.1) is 0 Å². The quantitative estimate of drug-likeness (QED) is 0.157. The summed E-state index contributed by atoms with van der Waals surface area (Å²) in [7, 11) is 0. The lowest BCUT2D eigenvalue weighted by atomic mass is 10.0. The largest absolute Gasteiger partial charge is 0.453 e. The van der Waals surface area contributed by atoms with Crippen molar-refractivity contribution in [1.82, 2.24) is 15.0 Å². The van der Waals surface area contributed by atoms with Crippen molar-refractivity contribution in [3.05, 3.63) is 206 Å². The zero-order valence-corrected chi connectivity index (χ0v) is 30.3. The van der Waals surface area contributed by atoms with Gasteiger partial charge < -0.3 is 9.32 Å². The third-order valence-corrected chi connectivity index (χ3v) is 10.2. The van der Waals surface area contributed by atoms with Gasteiger partial charge in [0.25, 0.3) is 0 Å². The fraction of sp³-hybridized carbons (Fsp3) is 0. The van der Waals surface area contributed by atoms with Gasteiger partial charge in [-0.25, -0.2) is 15.0 Å². The third-order valence-electron chi connectivity index (χ3n) is 10.2. The van der Waals surface area contributed by atoms with Crippen LogP contribution in [0.4, 0.5) is 17.1 Å². The fourth-order valence-electron chi connectivity index (χ4n) is 7.38. The molecule has 0 aliphatic rings. The molecular weight excluding hydrogens is 685 g/mol. The standard InChI is InChI=1S/C51H34N4O/c1-5-15-35(16-6-1)37-27-31-41(32-28-37)55(42-33-29-38(30-34-42)36-17-7-2-8-18-36)46-26-14-24-44-43-23-13-25-45(47(43)56-48(44)46)51-53-49(39-19-9-3-10-20-39)52-50(54-51)40-21-11-4-12-22-40/h1-34H. The molecule has 56 heavy (non-hydrogen) atoms. The maximum Gasteiger partial charge on any atom is 0.167 e. The van der Waals surface area contributed by atoms with Crippen LogP contribution in [0.5, 0.6) is 0 Å². The van der Waals surface area contributed by atoms with Crippen molar-refractivity contribution >= 4 is 39.0 Å². The van der Waals surface area contributed by atoms with Crippen molar-refractivity contribution in [3.8, 4) is 56.4 Å². The van der Waals surface area contributed by atoms with Gasteiger partial charge in [-0.1, -0.05) is 170 Å². The SMILES string of the molecule is c1ccc(-c2ccc(N(c3ccc(-c4ccccc4)cc3)c3cccc4c3oc3c(-c5nc(-c6ccccc6)nc(-c6ccccc6)n5)cccc34)cc2)cc1. The monoisotopic (exact) mass is 718 g/mol. The van der Waals surface area contributed by atoms with Crippen LogP contribution in [0.1, 0.15) is 0 Å². The first-order chi connectivity index (χ1) is 27.8. The van der Waals surface area contributed by atoms with Crippen LogP contribution < -0.4 is 4.90 Å². The van der Waals surface area contributed by atoms with Gasteiger partial charge in [0.2, 0.25) is 0 Å². The van der Waals surface area contributed by atoms with E-state index in [1.165, 1.54) is 11.1 Å². The molecule has 0 N–H and O–H groups in total. The second-order valence-corrected chi connectivity index (χ2v) is 13.6. The molecule has 5 heteroatoms.